The monoisotopic (exact) mass is 217 g/mol. The number of rotatable bonds is 2. The number of hydrogen-bond donors (Lipinski definition) is 1. The molecular formula is C11H8FN3O. The number of aromatic nitrogens is 2. The maximum atomic E-state index is 13.1. The SMILES string of the molecule is Cc1cc(Oc2cc(F)cc(C#N)c2)n[nH]1. The van der Waals surface area contributed by atoms with Gasteiger partial charge in [-0.1, -0.05) is 0 Å². The Hall–Kier alpha value is -2.35. The van der Waals surface area contributed by atoms with Gasteiger partial charge in [-0.05, 0) is 19.1 Å². The van der Waals surface area contributed by atoms with E-state index in [1.54, 1.807) is 6.07 Å². The van der Waals surface area contributed by atoms with E-state index in [0.29, 0.717) is 5.88 Å². The van der Waals surface area contributed by atoms with Gasteiger partial charge < -0.3 is 4.74 Å². The van der Waals surface area contributed by atoms with E-state index < -0.39 is 5.82 Å². The molecule has 5 heteroatoms. The average molecular weight is 217 g/mol. The fraction of sp³-hybridized carbons (Fsp3) is 0.0909. The topological polar surface area (TPSA) is 61.7 Å². The molecule has 0 amide bonds. The number of ether oxygens (including phenoxy) is 1. The molecule has 0 spiro atoms. The summed E-state index contributed by atoms with van der Waals surface area (Å²) in [5.41, 5.74) is 1.05. The molecule has 1 N–H and O–H groups in total. The molecule has 0 fully saturated rings. The highest BCUT2D eigenvalue weighted by molar-refractivity contribution is 5.38. The van der Waals surface area contributed by atoms with Crippen LogP contribution in [-0.4, -0.2) is 10.2 Å². The average Bonchev–Trinajstić information content (AvgIpc) is 2.63. The molecule has 80 valence electrons. The molecule has 4 nitrogen and oxygen atoms in total. The van der Waals surface area contributed by atoms with Crippen molar-refractivity contribution in [1.82, 2.24) is 10.2 Å². The molecular weight excluding hydrogens is 209 g/mol. The first kappa shape index (κ1) is 10.2. The number of benzene rings is 1. The zero-order valence-electron chi connectivity index (χ0n) is 8.49. The molecule has 0 atom stereocenters. The van der Waals surface area contributed by atoms with Crippen LogP contribution in [0.2, 0.25) is 0 Å². The van der Waals surface area contributed by atoms with Gasteiger partial charge in [0.15, 0.2) is 0 Å². The number of nitrogens with one attached hydrogen (secondary N) is 1. The third-order valence-corrected chi connectivity index (χ3v) is 1.91. The second-order valence-corrected chi connectivity index (χ2v) is 3.28. The number of aromatic amines is 1. The van der Waals surface area contributed by atoms with E-state index in [2.05, 4.69) is 10.2 Å². The second-order valence-electron chi connectivity index (χ2n) is 3.28. The van der Waals surface area contributed by atoms with Crippen molar-refractivity contribution in [2.75, 3.05) is 0 Å². The fourth-order valence-electron chi connectivity index (χ4n) is 1.25. The molecule has 0 unspecified atom stereocenters. The van der Waals surface area contributed by atoms with Crippen LogP contribution < -0.4 is 4.74 Å². The molecule has 0 saturated carbocycles. The van der Waals surface area contributed by atoms with Crippen LogP contribution in [0.1, 0.15) is 11.3 Å². The normalized spacial score (nSPS) is 9.81. The van der Waals surface area contributed by atoms with E-state index in [1.807, 2.05) is 13.0 Å². The van der Waals surface area contributed by atoms with Gasteiger partial charge >= 0.3 is 0 Å². The zero-order valence-corrected chi connectivity index (χ0v) is 8.49. The van der Waals surface area contributed by atoms with E-state index in [0.717, 1.165) is 11.8 Å². The van der Waals surface area contributed by atoms with Gasteiger partial charge in [0, 0.05) is 17.8 Å². The third-order valence-electron chi connectivity index (χ3n) is 1.91. The predicted molar refractivity (Wildman–Crippen MR) is 54.5 cm³/mol. The minimum atomic E-state index is -0.513. The molecule has 0 aliphatic carbocycles. The summed E-state index contributed by atoms with van der Waals surface area (Å²) in [6.07, 6.45) is 0. The van der Waals surface area contributed by atoms with Gasteiger partial charge in [0.1, 0.15) is 11.6 Å². The summed E-state index contributed by atoms with van der Waals surface area (Å²) in [5, 5.41) is 15.2. The summed E-state index contributed by atoms with van der Waals surface area (Å²) in [6.45, 7) is 1.83. The maximum Gasteiger partial charge on any atom is 0.238 e. The second kappa shape index (κ2) is 4.03. The van der Waals surface area contributed by atoms with E-state index in [4.69, 9.17) is 10.00 Å². The summed E-state index contributed by atoms with van der Waals surface area (Å²) >= 11 is 0. The summed E-state index contributed by atoms with van der Waals surface area (Å²) in [5.74, 6) is 0.0800. The first-order chi connectivity index (χ1) is 7.67. The van der Waals surface area contributed by atoms with Crippen LogP contribution in [0.5, 0.6) is 11.6 Å². The lowest BCUT2D eigenvalue weighted by Crippen LogP contribution is -1.87. The fourth-order valence-corrected chi connectivity index (χ4v) is 1.25. The van der Waals surface area contributed by atoms with Crippen LogP contribution in [0.3, 0.4) is 0 Å². The van der Waals surface area contributed by atoms with Crippen molar-refractivity contribution in [3.8, 4) is 17.7 Å². The van der Waals surface area contributed by atoms with Crippen LogP contribution in [-0.2, 0) is 0 Å². The van der Waals surface area contributed by atoms with Crippen molar-refractivity contribution < 1.29 is 9.13 Å². The van der Waals surface area contributed by atoms with Crippen LogP contribution in [0.25, 0.3) is 0 Å². The van der Waals surface area contributed by atoms with Crippen LogP contribution in [0.4, 0.5) is 4.39 Å². The minimum Gasteiger partial charge on any atom is -0.437 e. The number of aryl methyl sites for hydroxylation is 1. The quantitative estimate of drug-likeness (QED) is 0.840. The molecule has 2 aromatic rings. The van der Waals surface area contributed by atoms with Gasteiger partial charge in [0.05, 0.1) is 11.6 Å². The van der Waals surface area contributed by atoms with E-state index >= 15 is 0 Å². The number of nitrogens with zero attached hydrogens (tertiary/aromatic N) is 2. The molecule has 1 aromatic heterocycles. The Balaban J connectivity index is 2.28. The van der Waals surface area contributed by atoms with Crippen LogP contribution in [0.15, 0.2) is 24.3 Å². The smallest absolute Gasteiger partial charge is 0.238 e. The van der Waals surface area contributed by atoms with Crippen molar-refractivity contribution in [3.63, 3.8) is 0 Å². The van der Waals surface area contributed by atoms with Gasteiger partial charge in [-0.3, -0.25) is 5.10 Å². The Labute approximate surface area is 91.3 Å². The highest BCUT2D eigenvalue weighted by Gasteiger charge is 2.04. The predicted octanol–water partition coefficient (Wildman–Crippen LogP) is 2.52. The first-order valence-electron chi connectivity index (χ1n) is 4.58. The molecule has 2 rings (SSSR count). The van der Waals surface area contributed by atoms with Crippen LogP contribution >= 0.6 is 0 Å². The van der Waals surface area contributed by atoms with Crippen molar-refractivity contribution in [1.29, 1.82) is 5.26 Å². The Morgan fingerprint density at radius 3 is 2.81 bits per heavy atom. The molecule has 0 bridgehead atoms. The summed E-state index contributed by atoms with van der Waals surface area (Å²) < 4.78 is 18.4. The zero-order chi connectivity index (χ0) is 11.5. The van der Waals surface area contributed by atoms with Gasteiger partial charge in [-0.25, -0.2) is 4.39 Å². The summed E-state index contributed by atoms with van der Waals surface area (Å²) in [4.78, 5) is 0. The van der Waals surface area contributed by atoms with E-state index in [1.165, 1.54) is 12.1 Å². The molecule has 0 aliphatic rings. The number of hydrogen-bond acceptors (Lipinski definition) is 3. The first-order valence-corrected chi connectivity index (χ1v) is 4.58. The molecule has 0 radical (unpaired) electrons. The molecule has 1 aromatic carbocycles. The lowest BCUT2D eigenvalue weighted by atomic mass is 10.2. The lowest BCUT2D eigenvalue weighted by molar-refractivity contribution is 0.456. The lowest BCUT2D eigenvalue weighted by Gasteiger charge is -2.01. The Bertz CT molecular complexity index is 557. The van der Waals surface area contributed by atoms with Crippen molar-refractivity contribution in [2.24, 2.45) is 0 Å². The third kappa shape index (κ3) is 2.17. The van der Waals surface area contributed by atoms with Gasteiger partial charge in [-0.15, -0.1) is 5.10 Å². The molecule has 0 aliphatic heterocycles. The summed E-state index contributed by atoms with van der Waals surface area (Å²) in [6, 6.07) is 7.32. The molecule has 1 heterocycles. The van der Waals surface area contributed by atoms with Crippen molar-refractivity contribution in [3.05, 3.63) is 41.3 Å². The molecule has 0 saturated heterocycles. The highest BCUT2D eigenvalue weighted by Crippen LogP contribution is 2.22. The summed E-state index contributed by atoms with van der Waals surface area (Å²) in [7, 11) is 0. The number of halogens is 1. The Kier molecular flexibility index (Phi) is 2.56. The Morgan fingerprint density at radius 2 is 2.19 bits per heavy atom. The number of H-pyrrole nitrogens is 1. The van der Waals surface area contributed by atoms with E-state index in [-0.39, 0.29) is 11.3 Å². The van der Waals surface area contributed by atoms with Gasteiger partial charge in [0.25, 0.3) is 0 Å². The van der Waals surface area contributed by atoms with Gasteiger partial charge in [-0.2, -0.15) is 5.26 Å². The van der Waals surface area contributed by atoms with Gasteiger partial charge in [0.2, 0.25) is 5.88 Å². The number of nitriles is 1. The van der Waals surface area contributed by atoms with Crippen molar-refractivity contribution >= 4 is 0 Å². The molecule has 16 heavy (non-hydrogen) atoms. The van der Waals surface area contributed by atoms with E-state index in [9.17, 15) is 4.39 Å². The minimum absolute atomic E-state index is 0.210. The van der Waals surface area contributed by atoms with Crippen LogP contribution in [0, 0.1) is 24.1 Å². The highest BCUT2D eigenvalue weighted by atomic mass is 19.1. The van der Waals surface area contributed by atoms with Crippen molar-refractivity contribution in [2.45, 2.75) is 6.92 Å². The Morgan fingerprint density at radius 1 is 1.38 bits per heavy atom. The largest absolute Gasteiger partial charge is 0.437 e. The maximum absolute atomic E-state index is 13.1. The standard InChI is InChI=1S/C11H8FN3O/c1-7-2-11(15-14-7)16-10-4-8(6-13)3-9(12)5-10/h2-5H,1H3,(H,14,15).